The molecule has 2 rings (SSSR count). The van der Waals surface area contributed by atoms with Gasteiger partial charge in [-0.1, -0.05) is 19.9 Å². The Bertz CT molecular complexity index is 600. The Morgan fingerprint density at radius 3 is 2.56 bits per heavy atom. The minimum absolute atomic E-state index is 0.0685. The first-order valence-corrected chi connectivity index (χ1v) is 9.33. The highest BCUT2D eigenvalue weighted by atomic mass is 16.5. The number of esters is 1. The van der Waals surface area contributed by atoms with Crippen molar-refractivity contribution < 1.29 is 34.7 Å². The molecule has 1 fully saturated rings. The number of carbonyl (C=O) groups excluding carboxylic acids is 3. The van der Waals surface area contributed by atoms with Crippen molar-refractivity contribution in [1.82, 2.24) is 10.6 Å². The molecule has 9 heteroatoms. The van der Waals surface area contributed by atoms with Gasteiger partial charge in [-0.25, -0.2) is 4.79 Å². The lowest BCUT2D eigenvalue weighted by Gasteiger charge is -2.32. The Balaban J connectivity index is 2.10. The minimum atomic E-state index is -1.20. The Morgan fingerprint density at radius 2 is 2.00 bits per heavy atom. The van der Waals surface area contributed by atoms with E-state index in [0.717, 1.165) is 19.4 Å². The Labute approximate surface area is 158 Å². The lowest BCUT2D eigenvalue weighted by Crippen LogP contribution is -2.89. The van der Waals surface area contributed by atoms with Gasteiger partial charge < -0.3 is 30.9 Å². The van der Waals surface area contributed by atoms with Crippen LogP contribution in [-0.4, -0.2) is 72.0 Å². The number of aliphatic hydroxyl groups is 2. The van der Waals surface area contributed by atoms with E-state index in [0.29, 0.717) is 0 Å². The number of hydrogen-bond donors (Lipinski definition) is 5. The third-order valence-electron chi connectivity index (χ3n) is 5.09. The average Bonchev–Trinajstić information content (AvgIpc) is 3.16. The molecule has 0 aromatic rings. The second-order valence-corrected chi connectivity index (χ2v) is 7.48. The van der Waals surface area contributed by atoms with Crippen LogP contribution in [0.15, 0.2) is 11.6 Å². The normalized spacial score (nSPS) is 29.0. The molecule has 152 valence electrons. The van der Waals surface area contributed by atoms with Gasteiger partial charge in [0.15, 0.2) is 6.04 Å². The lowest BCUT2D eigenvalue weighted by molar-refractivity contribution is -0.657. The van der Waals surface area contributed by atoms with E-state index in [1.54, 1.807) is 13.8 Å². The van der Waals surface area contributed by atoms with Crippen LogP contribution in [0.3, 0.4) is 0 Å². The Morgan fingerprint density at radius 1 is 1.30 bits per heavy atom. The summed E-state index contributed by atoms with van der Waals surface area (Å²) in [7, 11) is 1.25. The van der Waals surface area contributed by atoms with Gasteiger partial charge in [-0.3, -0.25) is 9.59 Å². The van der Waals surface area contributed by atoms with Crippen LogP contribution >= 0.6 is 0 Å². The first-order valence-electron chi connectivity index (χ1n) is 9.33. The van der Waals surface area contributed by atoms with Gasteiger partial charge in [-0.2, -0.15) is 0 Å². The molecule has 0 unspecified atom stereocenters. The number of carbonyl (C=O) groups is 3. The number of nitrogens with two attached hydrogens (primary N) is 1. The van der Waals surface area contributed by atoms with E-state index < -0.39 is 36.2 Å². The summed E-state index contributed by atoms with van der Waals surface area (Å²) in [5, 5.41) is 27.6. The molecular weight excluding hydrogens is 354 g/mol. The molecule has 2 aliphatic rings. The van der Waals surface area contributed by atoms with Crippen molar-refractivity contribution in [2.75, 3.05) is 13.7 Å². The van der Waals surface area contributed by atoms with Gasteiger partial charge in [0.1, 0.15) is 12.1 Å². The zero-order valence-corrected chi connectivity index (χ0v) is 16.0. The van der Waals surface area contributed by atoms with Gasteiger partial charge in [0.05, 0.1) is 25.8 Å². The number of ether oxygens (including phenoxy) is 1. The molecule has 1 aliphatic carbocycles. The second kappa shape index (κ2) is 9.29. The standard InChI is InChI=1S/C18H29N3O6/c1-9(2)14(18(26)27-3)21-16(24)10-7-12(15(23)13(22)8-10)20-17(25)11-5-4-6-19-11/h7,9,11-15,19,22-23H,4-6,8H2,1-3H3,(H,20,25)(H,21,24)/p+1/t11-,12-,13-,14-,15-/m1/s1. The molecule has 0 saturated carbocycles. The van der Waals surface area contributed by atoms with Crippen LogP contribution in [0, 0.1) is 5.92 Å². The van der Waals surface area contributed by atoms with Crippen molar-refractivity contribution in [2.45, 2.75) is 63.4 Å². The number of methoxy groups -OCH3 is 1. The fourth-order valence-electron chi connectivity index (χ4n) is 3.41. The molecule has 0 bridgehead atoms. The lowest BCUT2D eigenvalue weighted by atomic mass is 9.89. The van der Waals surface area contributed by atoms with Gasteiger partial charge in [0.2, 0.25) is 5.91 Å². The topological polar surface area (TPSA) is 142 Å². The Kier molecular flexibility index (Phi) is 7.34. The summed E-state index contributed by atoms with van der Waals surface area (Å²) >= 11 is 0. The van der Waals surface area contributed by atoms with E-state index in [9.17, 15) is 24.6 Å². The summed E-state index contributed by atoms with van der Waals surface area (Å²) in [5.74, 6) is -1.50. The van der Waals surface area contributed by atoms with Crippen LogP contribution in [0.1, 0.15) is 33.1 Å². The quantitative estimate of drug-likeness (QED) is 0.322. The molecule has 1 saturated heterocycles. The highest BCUT2D eigenvalue weighted by Crippen LogP contribution is 2.21. The van der Waals surface area contributed by atoms with Gasteiger partial charge in [-0.05, 0) is 5.92 Å². The third kappa shape index (κ3) is 5.27. The molecule has 27 heavy (non-hydrogen) atoms. The molecule has 0 spiro atoms. The predicted octanol–water partition coefficient (Wildman–Crippen LogP) is -2.44. The van der Waals surface area contributed by atoms with E-state index in [2.05, 4.69) is 10.6 Å². The third-order valence-corrected chi connectivity index (χ3v) is 5.09. The van der Waals surface area contributed by atoms with Crippen molar-refractivity contribution in [3.63, 3.8) is 0 Å². The molecule has 5 atom stereocenters. The maximum atomic E-state index is 12.6. The number of amides is 2. The molecule has 1 heterocycles. The summed E-state index contributed by atoms with van der Waals surface area (Å²) < 4.78 is 4.71. The zero-order chi connectivity index (χ0) is 20.1. The summed E-state index contributed by atoms with van der Waals surface area (Å²) in [5.41, 5.74) is 0.211. The molecule has 2 amide bonds. The van der Waals surface area contributed by atoms with Gasteiger partial charge in [-0.15, -0.1) is 0 Å². The predicted molar refractivity (Wildman–Crippen MR) is 95.2 cm³/mol. The van der Waals surface area contributed by atoms with E-state index in [4.69, 9.17) is 4.74 Å². The maximum absolute atomic E-state index is 12.6. The fourth-order valence-corrected chi connectivity index (χ4v) is 3.41. The number of rotatable bonds is 6. The monoisotopic (exact) mass is 384 g/mol. The summed E-state index contributed by atoms with van der Waals surface area (Å²) in [6, 6.07) is -1.91. The average molecular weight is 384 g/mol. The zero-order valence-electron chi connectivity index (χ0n) is 16.0. The molecular formula is C18H30N3O6+. The molecule has 6 N–H and O–H groups in total. The van der Waals surface area contributed by atoms with Gasteiger partial charge in [0, 0.05) is 24.8 Å². The van der Waals surface area contributed by atoms with Crippen molar-refractivity contribution in [3.8, 4) is 0 Å². The number of hydrogen-bond acceptors (Lipinski definition) is 6. The van der Waals surface area contributed by atoms with Crippen LogP contribution in [-0.2, 0) is 19.1 Å². The molecule has 0 radical (unpaired) electrons. The number of quaternary nitrogens is 1. The molecule has 1 aliphatic heterocycles. The number of nitrogens with one attached hydrogen (secondary N) is 2. The van der Waals surface area contributed by atoms with Crippen molar-refractivity contribution >= 4 is 17.8 Å². The fraction of sp³-hybridized carbons (Fsp3) is 0.722. The van der Waals surface area contributed by atoms with Crippen LogP contribution in [0.2, 0.25) is 0 Å². The first-order chi connectivity index (χ1) is 12.7. The van der Waals surface area contributed by atoms with Crippen molar-refractivity contribution in [3.05, 3.63) is 11.6 Å². The van der Waals surface area contributed by atoms with Crippen LogP contribution in [0.5, 0.6) is 0 Å². The smallest absolute Gasteiger partial charge is 0.328 e. The van der Waals surface area contributed by atoms with Crippen LogP contribution < -0.4 is 16.0 Å². The van der Waals surface area contributed by atoms with E-state index in [1.165, 1.54) is 13.2 Å². The Hall–Kier alpha value is -1.97. The second-order valence-electron chi connectivity index (χ2n) is 7.48. The summed E-state index contributed by atoms with van der Waals surface area (Å²) in [6.45, 7) is 4.43. The number of aliphatic hydroxyl groups excluding tert-OH is 2. The van der Waals surface area contributed by atoms with E-state index in [-0.39, 0.29) is 29.9 Å². The van der Waals surface area contributed by atoms with E-state index >= 15 is 0 Å². The summed E-state index contributed by atoms with van der Waals surface area (Å²) in [6.07, 6.45) is 0.692. The van der Waals surface area contributed by atoms with Gasteiger partial charge in [0.25, 0.3) is 5.91 Å². The largest absolute Gasteiger partial charge is 0.467 e. The SMILES string of the molecule is COC(=O)[C@H](NC(=O)C1=C[C@@H](NC(=O)[C@H]2CCC[NH2+]2)[C@@H](O)[C@H](O)C1)C(C)C. The van der Waals surface area contributed by atoms with Crippen LogP contribution in [0.4, 0.5) is 0 Å². The van der Waals surface area contributed by atoms with Crippen LogP contribution in [0.25, 0.3) is 0 Å². The molecule has 9 nitrogen and oxygen atoms in total. The van der Waals surface area contributed by atoms with Crippen molar-refractivity contribution in [1.29, 1.82) is 0 Å². The molecule has 0 aromatic carbocycles. The maximum Gasteiger partial charge on any atom is 0.328 e. The molecule has 0 aromatic heterocycles. The first kappa shape index (κ1) is 21.3. The highest BCUT2D eigenvalue weighted by molar-refractivity contribution is 5.96. The highest BCUT2D eigenvalue weighted by Gasteiger charge is 2.37. The van der Waals surface area contributed by atoms with Crippen molar-refractivity contribution in [2.24, 2.45) is 5.92 Å². The summed E-state index contributed by atoms with van der Waals surface area (Å²) in [4.78, 5) is 36.7. The van der Waals surface area contributed by atoms with E-state index in [1.807, 2.05) is 5.32 Å². The van der Waals surface area contributed by atoms with Gasteiger partial charge >= 0.3 is 5.97 Å². The minimum Gasteiger partial charge on any atom is -0.467 e.